The first-order chi connectivity index (χ1) is 14.2. The van der Waals surface area contributed by atoms with Gasteiger partial charge in [-0.2, -0.15) is 4.98 Å². The van der Waals surface area contributed by atoms with E-state index in [0.29, 0.717) is 11.7 Å². The van der Waals surface area contributed by atoms with Gasteiger partial charge in [-0.15, -0.1) is 0 Å². The molecule has 1 atom stereocenters. The summed E-state index contributed by atoms with van der Waals surface area (Å²) in [5, 5.41) is 3.98. The highest BCUT2D eigenvalue weighted by Crippen LogP contribution is 2.25. The quantitative estimate of drug-likeness (QED) is 0.440. The number of pyridine rings is 1. The molecule has 1 unspecified atom stereocenters. The predicted octanol–water partition coefficient (Wildman–Crippen LogP) is 5.09. The minimum atomic E-state index is 0.0316. The number of benzene rings is 2. The lowest BCUT2D eigenvalue weighted by atomic mass is 10.0. The van der Waals surface area contributed by atoms with Gasteiger partial charge in [-0.05, 0) is 42.8 Å². The zero-order chi connectivity index (χ0) is 20.1. The van der Waals surface area contributed by atoms with E-state index in [4.69, 9.17) is 14.0 Å². The third-order valence-corrected chi connectivity index (χ3v) is 4.60. The van der Waals surface area contributed by atoms with Crippen molar-refractivity contribution in [3.8, 4) is 28.5 Å². The Morgan fingerprint density at radius 3 is 2.59 bits per heavy atom. The van der Waals surface area contributed by atoms with E-state index in [2.05, 4.69) is 21.2 Å². The molecule has 0 aliphatic heterocycles. The molecule has 4 aromatic rings. The van der Waals surface area contributed by atoms with Crippen molar-refractivity contribution in [1.29, 1.82) is 0 Å². The fraction of sp³-hybridized carbons (Fsp3) is 0.174. The molecule has 0 aliphatic rings. The Kier molecular flexibility index (Phi) is 5.63. The lowest BCUT2D eigenvalue weighted by molar-refractivity contribution is 0.119. The molecule has 2 aromatic carbocycles. The van der Waals surface area contributed by atoms with E-state index in [1.165, 1.54) is 0 Å². The molecule has 0 N–H and O–H groups in total. The van der Waals surface area contributed by atoms with Crippen molar-refractivity contribution >= 4 is 0 Å². The first-order valence-electron chi connectivity index (χ1n) is 9.33. The topological polar surface area (TPSA) is 70.3 Å². The van der Waals surface area contributed by atoms with Crippen molar-refractivity contribution in [3.05, 3.63) is 84.3 Å². The summed E-state index contributed by atoms with van der Waals surface area (Å²) in [6, 6.07) is 21.5. The standard InChI is InChI=1S/C23H21N3O3/c1-16(27-2)17-7-6-8-18(13-17)21-12-11-19(14-24-21)23-25-22(26-29-23)15-28-20-9-4-3-5-10-20/h3-14,16H,15H2,1-2H3. The minimum absolute atomic E-state index is 0.0316. The van der Waals surface area contributed by atoms with Gasteiger partial charge < -0.3 is 14.0 Å². The van der Waals surface area contributed by atoms with E-state index in [-0.39, 0.29) is 12.7 Å². The van der Waals surface area contributed by atoms with Crippen LogP contribution in [0.2, 0.25) is 0 Å². The summed E-state index contributed by atoms with van der Waals surface area (Å²) < 4.78 is 16.4. The normalized spacial score (nSPS) is 11.9. The Labute approximate surface area is 169 Å². The molecule has 6 heteroatoms. The summed E-state index contributed by atoms with van der Waals surface area (Å²) >= 11 is 0. The summed E-state index contributed by atoms with van der Waals surface area (Å²) in [4.78, 5) is 8.94. The van der Waals surface area contributed by atoms with E-state index < -0.39 is 0 Å². The van der Waals surface area contributed by atoms with Crippen LogP contribution in [0.1, 0.15) is 24.4 Å². The van der Waals surface area contributed by atoms with Crippen molar-refractivity contribution in [2.75, 3.05) is 7.11 Å². The van der Waals surface area contributed by atoms with E-state index in [9.17, 15) is 0 Å². The van der Waals surface area contributed by atoms with Crippen molar-refractivity contribution in [2.24, 2.45) is 0 Å². The van der Waals surface area contributed by atoms with Crippen LogP contribution in [0, 0.1) is 0 Å². The largest absolute Gasteiger partial charge is 0.485 e. The number of hydrogen-bond acceptors (Lipinski definition) is 6. The summed E-state index contributed by atoms with van der Waals surface area (Å²) in [6.07, 6.45) is 1.76. The van der Waals surface area contributed by atoms with Gasteiger partial charge in [0.05, 0.1) is 17.4 Å². The van der Waals surface area contributed by atoms with Crippen LogP contribution in [-0.2, 0) is 11.3 Å². The molecule has 0 amide bonds. The Hall–Kier alpha value is -3.51. The summed E-state index contributed by atoms with van der Waals surface area (Å²) in [7, 11) is 1.70. The van der Waals surface area contributed by atoms with Crippen LogP contribution in [0.25, 0.3) is 22.7 Å². The Morgan fingerprint density at radius 1 is 0.966 bits per heavy atom. The zero-order valence-electron chi connectivity index (χ0n) is 16.3. The average molecular weight is 387 g/mol. The van der Waals surface area contributed by atoms with Gasteiger partial charge in [0.1, 0.15) is 5.75 Å². The SMILES string of the molecule is COC(C)c1cccc(-c2ccc(-c3nc(COc4ccccc4)no3)cn2)c1. The highest BCUT2D eigenvalue weighted by molar-refractivity contribution is 5.63. The van der Waals surface area contributed by atoms with Gasteiger partial charge in [-0.1, -0.05) is 41.6 Å². The fourth-order valence-corrected chi connectivity index (χ4v) is 2.87. The van der Waals surface area contributed by atoms with Crippen LogP contribution in [0.3, 0.4) is 0 Å². The summed E-state index contributed by atoms with van der Waals surface area (Å²) in [6.45, 7) is 2.26. The third kappa shape index (κ3) is 4.50. The molecule has 0 spiro atoms. The smallest absolute Gasteiger partial charge is 0.259 e. The monoisotopic (exact) mass is 387 g/mol. The van der Waals surface area contributed by atoms with E-state index in [1.807, 2.05) is 67.6 Å². The van der Waals surface area contributed by atoms with Gasteiger partial charge in [0.2, 0.25) is 5.82 Å². The zero-order valence-corrected chi connectivity index (χ0v) is 16.3. The number of rotatable bonds is 7. The fourth-order valence-electron chi connectivity index (χ4n) is 2.87. The Morgan fingerprint density at radius 2 is 1.83 bits per heavy atom. The molecular formula is C23H21N3O3. The van der Waals surface area contributed by atoms with Crippen molar-refractivity contribution < 1.29 is 14.0 Å². The molecule has 29 heavy (non-hydrogen) atoms. The van der Waals surface area contributed by atoms with Gasteiger partial charge in [0.25, 0.3) is 5.89 Å². The first-order valence-corrected chi connectivity index (χ1v) is 9.33. The Bertz CT molecular complexity index is 1060. The second kappa shape index (κ2) is 8.67. The highest BCUT2D eigenvalue weighted by Gasteiger charge is 2.11. The second-order valence-corrected chi connectivity index (χ2v) is 6.55. The molecule has 0 radical (unpaired) electrons. The van der Waals surface area contributed by atoms with Crippen LogP contribution in [0.15, 0.2) is 77.4 Å². The van der Waals surface area contributed by atoms with E-state index in [0.717, 1.165) is 28.1 Å². The van der Waals surface area contributed by atoms with Crippen molar-refractivity contribution in [2.45, 2.75) is 19.6 Å². The van der Waals surface area contributed by atoms with E-state index >= 15 is 0 Å². The van der Waals surface area contributed by atoms with Gasteiger partial charge in [-0.3, -0.25) is 4.98 Å². The molecule has 6 nitrogen and oxygen atoms in total. The molecule has 0 fully saturated rings. The number of hydrogen-bond donors (Lipinski definition) is 0. The van der Waals surface area contributed by atoms with Crippen LogP contribution in [-0.4, -0.2) is 22.2 Å². The van der Waals surface area contributed by atoms with E-state index in [1.54, 1.807) is 13.3 Å². The first kappa shape index (κ1) is 18.8. The molecule has 146 valence electrons. The minimum Gasteiger partial charge on any atom is -0.485 e. The maximum atomic E-state index is 5.65. The maximum absolute atomic E-state index is 5.65. The number of para-hydroxylation sites is 1. The molecule has 2 heterocycles. The van der Waals surface area contributed by atoms with Gasteiger partial charge in [0, 0.05) is 18.9 Å². The van der Waals surface area contributed by atoms with Crippen LogP contribution < -0.4 is 4.74 Å². The average Bonchev–Trinajstić information content (AvgIpc) is 3.27. The molecule has 0 saturated carbocycles. The van der Waals surface area contributed by atoms with Crippen LogP contribution in [0.4, 0.5) is 0 Å². The van der Waals surface area contributed by atoms with Crippen molar-refractivity contribution in [1.82, 2.24) is 15.1 Å². The molecule has 0 saturated heterocycles. The third-order valence-electron chi connectivity index (χ3n) is 4.60. The number of nitrogens with zero attached hydrogens (tertiary/aromatic N) is 3. The molecule has 4 rings (SSSR count). The number of ether oxygens (including phenoxy) is 2. The van der Waals surface area contributed by atoms with Crippen LogP contribution >= 0.6 is 0 Å². The maximum Gasteiger partial charge on any atom is 0.259 e. The van der Waals surface area contributed by atoms with Gasteiger partial charge in [0.15, 0.2) is 6.61 Å². The van der Waals surface area contributed by atoms with Gasteiger partial charge >= 0.3 is 0 Å². The summed E-state index contributed by atoms with van der Waals surface area (Å²) in [5.41, 5.74) is 3.76. The lowest BCUT2D eigenvalue weighted by Gasteiger charge is -2.11. The second-order valence-electron chi connectivity index (χ2n) is 6.55. The molecule has 0 aliphatic carbocycles. The van der Waals surface area contributed by atoms with Gasteiger partial charge in [-0.25, -0.2) is 0 Å². The number of methoxy groups -OCH3 is 1. The predicted molar refractivity (Wildman–Crippen MR) is 109 cm³/mol. The molecular weight excluding hydrogens is 366 g/mol. The lowest BCUT2D eigenvalue weighted by Crippen LogP contribution is -1.97. The Balaban J connectivity index is 1.46. The summed E-state index contributed by atoms with van der Waals surface area (Å²) in [5.74, 6) is 1.65. The highest BCUT2D eigenvalue weighted by atomic mass is 16.5. The van der Waals surface area contributed by atoms with Crippen molar-refractivity contribution in [3.63, 3.8) is 0 Å². The molecule has 0 bridgehead atoms. The van der Waals surface area contributed by atoms with Crippen LogP contribution in [0.5, 0.6) is 5.75 Å². The molecule has 2 aromatic heterocycles. The number of aromatic nitrogens is 3.